The fourth-order valence-electron chi connectivity index (χ4n) is 2.63. The van der Waals surface area contributed by atoms with Gasteiger partial charge in [0.15, 0.2) is 0 Å². The minimum Gasteiger partial charge on any atom is -0.381 e. The van der Waals surface area contributed by atoms with Gasteiger partial charge < -0.3 is 5.32 Å². The van der Waals surface area contributed by atoms with Gasteiger partial charge in [0.05, 0.1) is 0 Å². The molecule has 4 heteroatoms. The first kappa shape index (κ1) is 15.7. The number of rotatable bonds is 5. The van der Waals surface area contributed by atoms with Gasteiger partial charge >= 0.3 is 0 Å². The molecule has 2 nitrogen and oxygen atoms in total. The molecule has 2 aromatic rings. The van der Waals surface area contributed by atoms with Crippen molar-refractivity contribution in [3.63, 3.8) is 0 Å². The van der Waals surface area contributed by atoms with Crippen molar-refractivity contribution in [3.05, 3.63) is 64.7 Å². The molecule has 0 aromatic heterocycles. The molecule has 0 saturated carbocycles. The zero-order valence-corrected chi connectivity index (χ0v) is 14.2. The number of halogens is 1. The maximum absolute atomic E-state index is 5.93. The molecule has 0 radical (unpaired) electrons. The Balaban J connectivity index is 1.64. The Morgan fingerprint density at radius 3 is 2.50 bits per heavy atom. The lowest BCUT2D eigenvalue weighted by molar-refractivity contribution is 0.295. The van der Waals surface area contributed by atoms with Crippen LogP contribution in [0, 0.1) is 0 Å². The van der Waals surface area contributed by atoms with Crippen LogP contribution >= 0.6 is 23.4 Å². The largest absolute Gasteiger partial charge is 0.381 e. The molecular weight excluding hydrogens is 312 g/mol. The summed E-state index contributed by atoms with van der Waals surface area (Å²) in [6.07, 6.45) is 0. The summed E-state index contributed by atoms with van der Waals surface area (Å²) in [5.41, 5.74) is 3.85. The lowest BCUT2D eigenvalue weighted by Crippen LogP contribution is -2.32. The van der Waals surface area contributed by atoms with Crippen LogP contribution in [0.1, 0.15) is 11.1 Å². The second-order valence-corrected chi connectivity index (χ2v) is 7.19. The third-order valence-electron chi connectivity index (χ3n) is 3.91. The van der Waals surface area contributed by atoms with E-state index in [4.69, 9.17) is 11.6 Å². The van der Waals surface area contributed by atoms with Crippen LogP contribution in [0.25, 0.3) is 0 Å². The third-order valence-corrected chi connectivity index (χ3v) is 5.11. The Morgan fingerprint density at radius 2 is 1.73 bits per heavy atom. The van der Waals surface area contributed by atoms with Gasteiger partial charge in [-0.15, -0.1) is 0 Å². The SMILES string of the molecule is Clc1ccc(CNc2ccccc2CN2CCSCC2)cc1. The van der Waals surface area contributed by atoms with Gasteiger partial charge in [-0.2, -0.15) is 11.8 Å². The van der Waals surface area contributed by atoms with Crippen molar-refractivity contribution in [1.82, 2.24) is 4.90 Å². The van der Waals surface area contributed by atoms with Gasteiger partial charge in [-0.3, -0.25) is 4.90 Å². The molecule has 1 aliphatic rings. The van der Waals surface area contributed by atoms with E-state index in [-0.39, 0.29) is 0 Å². The first-order chi connectivity index (χ1) is 10.8. The van der Waals surface area contributed by atoms with E-state index < -0.39 is 0 Å². The topological polar surface area (TPSA) is 15.3 Å². The first-order valence-electron chi connectivity index (χ1n) is 7.67. The van der Waals surface area contributed by atoms with Crippen molar-refractivity contribution in [2.24, 2.45) is 0 Å². The van der Waals surface area contributed by atoms with E-state index in [1.165, 1.54) is 41.4 Å². The lowest BCUT2D eigenvalue weighted by atomic mass is 10.1. The number of hydrogen-bond donors (Lipinski definition) is 1. The van der Waals surface area contributed by atoms with E-state index in [0.717, 1.165) is 18.1 Å². The first-order valence-corrected chi connectivity index (χ1v) is 9.21. The Bertz CT molecular complexity index is 594. The van der Waals surface area contributed by atoms with Crippen molar-refractivity contribution in [2.75, 3.05) is 29.9 Å². The molecule has 3 rings (SSSR count). The number of nitrogens with zero attached hydrogens (tertiary/aromatic N) is 1. The number of nitrogens with one attached hydrogen (secondary N) is 1. The minimum absolute atomic E-state index is 0.784. The standard InChI is InChI=1S/C18H21ClN2S/c19-17-7-5-15(6-8-17)13-20-18-4-2-1-3-16(18)14-21-9-11-22-12-10-21/h1-8,20H,9-14H2. The summed E-state index contributed by atoms with van der Waals surface area (Å²) < 4.78 is 0. The molecular formula is C18H21ClN2S. The predicted octanol–water partition coefficient (Wildman–Crippen LogP) is 4.50. The molecule has 22 heavy (non-hydrogen) atoms. The third kappa shape index (κ3) is 4.42. The molecule has 116 valence electrons. The number of hydrogen-bond acceptors (Lipinski definition) is 3. The van der Waals surface area contributed by atoms with E-state index >= 15 is 0 Å². The van der Waals surface area contributed by atoms with E-state index in [1.807, 2.05) is 12.1 Å². The van der Waals surface area contributed by atoms with Gasteiger partial charge in [-0.1, -0.05) is 41.9 Å². The summed E-state index contributed by atoms with van der Waals surface area (Å²) in [6, 6.07) is 16.6. The fraction of sp³-hybridized carbons (Fsp3) is 0.333. The summed E-state index contributed by atoms with van der Waals surface area (Å²) in [5.74, 6) is 2.50. The molecule has 0 aliphatic carbocycles. The Hall–Kier alpha value is -1.16. The molecule has 1 saturated heterocycles. The van der Waals surface area contributed by atoms with E-state index in [0.29, 0.717) is 0 Å². The van der Waals surface area contributed by atoms with Crippen LogP contribution < -0.4 is 5.32 Å². The number of anilines is 1. The van der Waals surface area contributed by atoms with Crippen LogP contribution in [0.5, 0.6) is 0 Å². The van der Waals surface area contributed by atoms with Crippen molar-refractivity contribution in [1.29, 1.82) is 0 Å². The van der Waals surface area contributed by atoms with Crippen LogP contribution in [0.2, 0.25) is 5.02 Å². The molecule has 1 aliphatic heterocycles. The minimum atomic E-state index is 0.784. The van der Waals surface area contributed by atoms with Crippen LogP contribution in [0.4, 0.5) is 5.69 Å². The maximum Gasteiger partial charge on any atom is 0.0406 e. The highest BCUT2D eigenvalue weighted by molar-refractivity contribution is 7.99. The molecule has 1 N–H and O–H groups in total. The van der Waals surface area contributed by atoms with Gasteiger partial charge in [-0.25, -0.2) is 0 Å². The number of benzene rings is 2. The fourth-order valence-corrected chi connectivity index (χ4v) is 3.74. The van der Waals surface area contributed by atoms with Gasteiger partial charge in [0, 0.05) is 48.4 Å². The van der Waals surface area contributed by atoms with Gasteiger partial charge in [0.25, 0.3) is 0 Å². The van der Waals surface area contributed by atoms with Crippen LogP contribution in [-0.4, -0.2) is 29.5 Å². The van der Waals surface area contributed by atoms with Crippen molar-refractivity contribution >= 4 is 29.1 Å². The summed E-state index contributed by atoms with van der Waals surface area (Å²) in [6.45, 7) is 4.24. The second-order valence-electron chi connectivity index (χ2n) is 5.53. The molecule has 0 bridgehead atoms. The molecule has 0 atom stereocenters. The summed E-state index contributed by atoms with van der Waals surface area (Å²) in [5, 5.41) is 4.35. The van der Waals surface area contributed by atoms with Gasteiger partial charge in [0.2, 0.25) is 0 Å². The predicted molar refractivity (Wildman–Crippen MR) is 97.8 cm³/mol. The highest BCUT2D eigenvalue weighted by Gasteiger charge is 2.12. The van der Waals surface area contributed by atoms with Crippen LogP contribution in [-0.2, 0) is 13.1 Å². The molecule has 0 amide bonds. The molecule has 1 fully saturated rings. The summed E-state index contributed by atoms with van der Waals surface area (Å²) >= 11 is 7.99. The quantitative estimate of drug-likeness (QED) is 0.867. The molecule has 2 aromatic carbocycles. The van der Waals surface area contributed by atoms with E-state index in [1.54, 1.807) is 0 Å². The Kier molecular flexibility index (Phi) is 5.65. The Labute approximate surface area is 141 Å². The molecule has 0 unspecified atom stereocenters. The smallest absolute Gasteiger partial charge is 0.0406 e. The van der Waals surface area contributed by atoms with Gasteiger partial charge in [0.1, 0.15) is 0 Å². The van der Waals surface area contributed by atoms with E-state index in [9.17, 15) is 0 Å². The number of thioether (sulfide) groups is 1. The zero-order valence-electron chi connectivity index (χ0n) is 12.6. The van der Waals surface area contributed by atoms with Crippen molar-refractivity contribution in [3.8, 4) is 0 Å². The van der Waals surface area contributed by atoms with E-state index in [2.05, 4.69) is 58.4 Å². The van der Waals surface area contributed by atoms with Crippen LogP contribution in [0.3, 0.4) is 0 Å². The second kappa shape index (κ2) is 7.91. The summed E-state index contributed by atoms with van der Waals surface area (Å²) in [7, 11) is 0. The Morgan fingerprint density at radius 1 is 1.00 bits per heavy atom. The molecule has 1 heterocycles. The van der Waals surface area contributed by atoms with Gasteiger partial charge in [-0.05, 0) is 29.3 Å². The monoisotopic (exact) mass is 332 g/mol. The van der Waals surface area contributed by atoms with Crippen molar-refractivity contribution < 1.29 is 0 Å². The highest BCUT2D eigenvalue weighted by Crippen LogP contribution is 2.20. The molecule has 0 spiro atoms. The van der Waals surface area contributed by atoms with Crippen LogP contribution in [0.15, 0.2) is 48.5 Å². The average molecular weight is 333 g/mol. The summed E-state index contributed by atoms with van der Waals surface area (Å²) in [4.78, 5) is 2.54. The zero-order chi connectivity index (χ0) is 15.2. The maximum atomic E-state index is 5.93. The number of para-hydroxylation sites is 1. The average Bonchev–Trinajstić information content (AvgIpc) is 2.56. The highest BCUT2D eigenvalue weighted by atomic mass is 35.5. The van der Waals surface area contributed by atoms with Crippen molar-refractivity contribution in [2.45, 2.75) is 13.1 Å². The normalized spacial score (nSPS) is 15.7. The lowest BCUT2D eigenvalue weighted by Gasteiger charge is -2.27.